The molecule has 0 amide bonds. The Morgan fingerprint density at radius 1 is 1.26 bits per heavy atom. The van der Waals surface area contributed by atoms with Gasteiger partial charge in [0, 0.05) is 0 Å². The highest BCUT2D eigenvalue weighted by Crippen LogP contribution is 2.33. The molecule has 2 aromatic carbocycles. The molecule has 2 rings (SSSR count). The number of nitrogens with two attached hydrogens (primary N) is 1. The molecule has 0 aliphatic carbocycles. The van der Waals surface area contributed by atoms with Gasteiger partial charge in [0.2, 0.25) is 0 Å². The molecule has 0 fully saturated rings. The number of rotatable bonds is 3. The summed E-state index contributed by atoms with van der Waals surface area (Å²) in [7, 11) is 1.57. The molecular weight excluding hydrogens is 238 g/mol. The van der Waals surface area contributed by atoms with E-state index in [9.17, 15) is 0 Å². The van der Waals surface area contributed by atoms with Crippen molar-refractivity contribution in [3.63, 3.8) is 0 Å². The average molecular weight is 253 g/mol. The van der Waals surface area contributed by atoms with E-state index in [2.05, 4.69) is 11.4 Å². The number of aryl methyl sites for hydroxylation is 1. The van der Waals surface area contributed by atoms with E-state index in [0.29, 0.717) is 22.7 Å². The van der Waals surface area contributed by atoms with Gasteiger partial charge in [-0.15, -0.1) is 0 Å². The second kappa shape index (κ2) is 5.32. The molecule has 0 aliphatic rings. The number of anilines is 3. The number of methoxy groups -OCH3 is 1. The first-order valence-corrected chi connectivity index (χ1v) is 5.86. The molecule has 0 aromatic heterocycles. The van der Waals surface area contributed by atoms with E-state index in [1.807, 2.05) is 25.1 Å². The first-order valence-electron chi connectivity index (χ1n) is 5.86. The molecule has 0 atom stereocenters. The van der Waals surface area contributed by atoms with Gasteiger partial charge in [-0.2, -0.15) is 5.26 Å². The summed E-state index contributed by atoms with van der Waals surface area (Å²) in [6, 6.07) is 13.2. The summed E-state index contributed by atoms with van der Waals surface area (Å²) in [5.41, 5.74) is 9.58. The summed E-state index contributed by atoms with van der Waals surface area (Å²) >= 11 is 0. The highest BCUT2D eigenvalue weighted by Gasteiger charge is 2.10. The lowest BCUT2D eigenvalue weighted by Gasteiger charge is -2.14. The van der Waals surface area contributed by atoms with E-state index in [-0.39, 0.29) is 0 Å². The molecule has 4 nitrogen and oxygen atoms in total. The smallest absolute Gasteiger partial charge is 0.143 e. The van der Waals surface area contributed by atoms with Gasteiger partial charge in [-0.1, -0.05) is 12.1 Å². The van der Waals surface area contributed by atoms with Crippen LogP contribution in [0, 0.1) is 18.3 Å². The molecule has 4 heteroatoms. The van der Waals surface area contributed by atoms with Crippen molar-refractivity contribution in [3.05, 3.63) is 47.5 Å². The molecule has 0 unspecified atom stereocenters. The maximum absolute atomic E-state index is 9.15. The second-order valence-electron chi connectivity index (χ2n) is 4.21. The largest absolute Gasteiger partial charge is 0.495 e. The van der Waals surface area contributed by atoms with Crippen LogP contribution >= 0.6 is 0 Å². The van der Waals surface area contributed by atoms with Gasteiger partial charge in [0.15, 0.2) is 0 Å². The van der Waals surface area contributed by atoms with E-state index >= 15 is 0 Å². The molecule has 0 bridgehead atoms. The molecule has 0 radical (unpaired) electrons. The van der Waals surface area contributed by atoms with Crippen LogP contribution in [0.15, 0.2) is 36.4 Å². The summed E-state index contributed by atoms with van der Waals surface area (Å²) < 4.78 is 5.27. The van der Waals surface area contributed by atoms with Gasteiger partial charge in [-0.05, 0) is 36.8 Å². The molecule has 0 saturated heterocycles. The summed E-state index contributed by atoms with van der Waals surface area (Å²) in [5, 5.41) is 12.3. The van der Waals surface area contributed by atoms with Crippen molar-refractivity contribution in [1.29, 1.82) is 5.26 Å². The summed E-state index contributed by atoms with van der Waals surface area (Å²) in [4.78, 5) is 0. The maximum atomic E-state index is 9.15. The minimum absolute atomic E-state index is 0.513. The molecule has 2 aromatic rings. The van der Waals surface area contributed by atoms with Crippen LogP contribution in [0.5, 0.6) is 5.75 Å². The Kier molecular flexibility index (Phi) is 3.58. The first-order chi connectivity index (χ1) is 9.15. The quantitative estimate of drug-likeness (QED) is 0.824. The third kappa shape index (κ3) is 2.61. The Bertz CT molecular complexity index is 644. The SMILES string of the molecule is COc1cccc(C#N)c1Nc1ccc(C)cc1N. The molecule has 0 saturated carbocycles. The van der Waals surface area contributed by atoms with Crippen LogP contribution in [-0.4, -0.2) is 7.11 Å². The summed E-state index contributed by atoms with van der Waals surface area (Å²) in [5.74, 6) is 0.610. The van der Waals surface area contributed by atoms with Crippen molar-refractivity contribution in [1.82, 2.24) is 0 Å². The normalized spacial score (nSPS) is 9.74. The fourth-order valence-electron chi connectivity index (χ4n) is 1.85. The van der Waals surface area contributed by atoms with E-state index in [0.717, 1.165) is 11.3 Å². The van der Waals surface area contributed by atoms with Crippen LogP contribution < -0.4 is 15.8 Å². The number of nitriles is 1. The predicted octanol–water partition coefficient (Wildman–Crippen LogP) is 3.20. The third-order valence-electron chi connectivity index (χ3n) is 2.83. The fraction of sp³-hybridized carbons (Fsp3) is 0.133. The van der Waals surface area contributed by atoms with Crippen molar-refractivity contribution in [2.75, 3.05) is 18.2 Å². The summed E-state index contributed by atoms with van der Waals surface area (Å²) in [6.45, 7) is 1.98. The van der Waals surface area contributed by atoms with Gasteiger partial charge < -0.3 is 15.8 Å². The van der Waals surface area contributed by atoms with Gasteiger partial charge >= 0.3 is 0 Å². The zero-order chi connectivity index (χ0) is 13.8. The van der Waals surface area contributed by atoms with E-state index in [4.69, 9.17) is 15.7 Å². The van der Waals surface area contributed by atoms with Crippen molar-refractivity contribution in [3.8, 4) is 11.8 Å². The Morgan fingerprint density at radius 3 is 2.68 bits per heavy atom. The van der Waals surface area contributed by atoms with Gasteiger partial charge in [0.1, 0.15) is 11.8 Å². The number of hydrogen-bond donors (Lipinski definition) is 2. The van der Waals surface area contributed by atoms with Gasteiger partial charge in [-0.3, -0.25) is 0 Å². The molecule has 0 aliphatic heterocycles. The van der Waals surface area contributed by atoms with Gasteiger partial charge in [0.25, 0.3) is 0 Å². The van der Waals surface area contributed by atoms with Crippen LogP contribution in [0.3, 0.4) is 0 Å². The lowest BCUT2D eigenvalue weighted by Crippen LogP contribution is -2.00. The number of hydrogen-bond acceptors (Lipinski definition) is 4. The Hall–Kier alpha value is -2.67. The monoisotopic (exact) mass is 253 g/mol. The third-order valence-corrected chi connectivity index (χ3v) is 2.83. The molecule has 0 spiro atoms. The van der Waals surface area contributed by atoms with Gasteiger partial charge in [-0.25, -0.2) is 0 Å². The molecule has 96 valence electrons. The highest BCUT2D eigenvalue weighted by molar-refractivity contribution is 5.79. The van der Waals surface area contributed by atoms with E-state index in [1.165, 1.54) is 0 Å². The highest BCUT2D eigenvalue weighted by atomic mass is 16.5. The molecular formula is C15H15N3O. The number of ether oxygens (including phenoxy) is 1. The first kappa shape index (κ1) is 12.8. The minimum atomic E-state index is 0.513. The Balaban J connectivity index is 2.46. The Morgan fingerprint density at radius 2 is 2.05 bits per heavy atom. The van der Waals surface area contributed by atoms with Crippen molar-refractivity contribution < 1.29 is 4.74 Å². The number of nitrogens with one attached hydrogen (secondary N) is 1. The number of nitrogen functional groups attached to an aromatic ring is 1. The lowest BCUT2D eigenvalue weighted by molar-refractivity contribution is 0.416. The van der Waals surface area contributed by atoms with Crippen molar-refractivity contribution in [2.45, 2.75) is 6.92 Å². The minimum Gasteiger partial charge on any atom is -0.495 e. The van der Waals surface area contributed by atoms with Crippen molar-refractivity contribution in [2.24, 2.45) is 0 Å². The Labute approximate surface area is 112 Å². The topological polar surface area (TPSA) is 71.1 Å². The average Bonchev–Trinajstić information content (AvgIpc) is 2.42. The number of benzene rings is 2. The zero-order valence-corrected chi connectivity index (χ0v) is 10.9. The van der Waals surface area contributed by atoms with E-state index < -0.39 is 0 Å². The van der Waals surface area contributed by atoms with Crippen molar-refractivity contribution >= 4 is 17.1 Å². The van der Waals surface area contributed by atoms with Crippen LogP contribution in [0.25, 0.3) is 0 Å². The van der Waals surface area contributed by atoms with Crippen LogP contribution in [-0.2, 0) is 0 Å². The zero-order valence-electron chi connectivity index (χ0n) is 10.9. The second-order valence-corrected chi connectivity index (χ2v) is 4.21. The molecule has 3 N–H and O–H groups in total. The number of nitrogens with zero attached hydrogens (tertiary/aromatic N) is 1. The van der Waals surface area contributed by atoms with Crippen LogP contribution in [0.1, 0.15) is 11.1 Å². The predicted molar refractivity (Wildman–Crippen MR) is 76.6 cm³/mol. The van der Waals surface area contributed by atoms with Crippen LogP contribution in [0.4, 0.5) is 17.1 Å². The molecule has 0 heterocycles. The maximum Gasteiger partial charge on any atom is 0.143 e. The van der Waals surface area contributed by atoms with Crippen LogP contribution in [0.2, 0.25) is 0 Å². The van der Waals surface area contributed by atoms with Gasteiger partial charge in [0.05, 0.1) is 29.7 Å². The fourth-order valence-corrected chi connectivity index (χ4v) is 1.85. The standard InChI is InChI=1S/C15H15N3O/c1-10-6-7-13(12(17)8-10)18-15-11(9-16)4-3-5-14(15)19-2/h3-8,18H,17H2,1-2H3. The molecule has 19 heavy (non-hydrogen) atoms. The number of para-hydroxylation sites is 1. The summed E-state index contributed by atoms with van der Waals surface area (Å²) in [6.07, 6.45) is 0. The van der Waals surface area contributed by atoms with E-state index in [1.54, 1.807) is 25.3 Å². The lowest BCUT2D eigenvalue weighted by atomic mass is 10.1.